The summed E-state index contributed by atoms with van der Waals surface area (Å²) in [4.78, 5) is 36.0. The maximum absolute atomic E-state index is 12.0. The lowest BCUT2D eigenvalue weighted by Gasteiger charge is -2.26. The molecule has 0 saturated heterocycles. The zero-order valence-electron chi connectivity index (χ0n) is 14.3. The monoisotopic (exact) mass is 337 g/mol. The molecule has 8 nitrogen and oxygen atoms in total. The molecule has 0 radical (unpaired) electrons. The van der Waals surface area contributed by atoms with Crippen LogP contribution in [0.3, 0.4) is 0 Å². The third kappa shape index (κ3) is 4.61. The molecule has 0 unspecified atom stereocenters. The number of hydrogen-bond acceptors (Lipinski definition) is 5. The maximum atomic E-state index is 12.0. The highest BCUT2D eigenvalue weighted by Gasteiger charge is 2.30. The molecule has 3 N–H and O–H groups in total. The van der Waals surface area contributed by atoms with E-state index in [1.807, 2.05) is 6.07 Å². The summed E-state index contributed by atoms with van der Waals surface area (Å²) >= 11 is 0. The fraction of sp³-hybridized carbons (Fsp3) is 0.438. The van der Waals surface area contributed by atoms with E-state index in [-0.39, 0.29) is 6.42 Å². The Hall–Kier alpha value is -2.77. The van der Waals surface area contributed by atoms with Crippen molar-refractivity contribution in [2.45, 2.75) is 25.8 Å². The second-order valence-corrected chi connectivity index (χ2v) is 5.09. The number of carbonyl (C=O) groups excluding carboxylic acids is 3. The largest absolute Gasteiger partial charge is 0.493 e. The first-order valence-corrected chi connectivity index (χ1v) is 7.37. The van der Waals surface area contributed by atoms with Gasteiger partial charge in [-0.2, -0.15) is 0 Å². The van der Waals surface area contributed by atoms with Crippen molar-refractivity contribution in [2.24, 2.45) is 5.73 Å². The number of rotatable bonds is 7. The fourth-order valence-electron chi connectivity index (χ4n) is 2.41. The summed E-state index contributed by atoms with van der Waals surface area (Å²) in [7, 11) is 4.50. The number of benzene rings is 1. The van der Waals surface area contributed by atoms with Gasteiger partial charge < -0.3 is 20.5 Å². The Bertz CT molecular complexity index is 604. The molecule has 8 heteroatoms. The topological polar surface area (TPSA) is 111 Å². The number of aryl methyl sites for hydroxylation is 1. The van der Waals surface area contributed by atoms with Crippen LogP contribution in [0.5, 0.6) is 11.5 Å². The third-order valence-electron chi connectivity index (χ3n) is 3.59. The number of hydrogen-bond donors (Lipinski definition) is 2. The molecular formula is C16H23N3O5. The molecular weight excluding hydrogens is 314 g/mol. The van der Waals surface area contributed by atoms with Gasteiger partial charge in [-0.25, -0.2) is 4.79 Å². The molecule has 0 aliphatic heterocycles. The molecule has 0 aliphatic rings. The second kappa shape index (κ2) is 8.76. The highest BCUT2D eigenvalue weighted by atomic mass is 16.5. The first-order valence-electron chi connectivity index (χ1n) is 7.37. The van der Waals surface area contributed by atoms with Gasteiger partial charge in [0, 0.05) is 14.0 Å². The number of carbonyl (C=O) groups is 3. The van der Waals surface area contributed by atoms with E-state index in [4.69, 9.17) is 15.2 Å². The number of nitrogens with one attached hydrogen (secondary N) is 1. The Kier molecular flexibility index (Phi) is 7.03. The number of amides is 4. The second-order valence-electron chi connectivity index (χ2n) is 5.09. The number of likely N-dealkylation sites (N-methyl/N-ethyl adjacent to an activating group) is 1. The molecule has 0 aliphatic carbocycles. The van der Waals surface area contributed by atoms with E-state index in [0.29, 0.717) is 17.9 Å². The number of ether oxygens (including phenoxy) is 2. The van der Waals surface area contributed by atoms with Crippen LogP contribution in [0.1, 0.15) is 18.9 Å². The van der Waals surface area contributed by atoms with Gasteiger partial charge >= 0.3 is 6.03 Å². The number of nitrogens with zero attached hydrogens (tertiary/aromatic N) is 1. The summed E-state index contributed by atoms with van der Waals surface area (Å²) in [6, 6.07) is 3.42. The van der Waals surface area contributed by atoms with Gasteiger partial charge in [0.15, 0.2) is 11.5 Å². The minimum absolute atomic E-state index is 0.234. The zero-order valence-corrected chi connectivity index (χ0v) is 14.3. The van der Waals surface area contributed by atoms with Gasteiger partial charge in [0.25, 0.3) is 0 Å². The highest BCUT2D eigenvalue weighted by molar-refractivity contribution is 5.98. The normalized spacial score (nSPS) is 11.3. The molecule has 24 heavy (non-hydrogen) atoms. The Morgan fingerprint density at radius 1 is 1.21 bits per heavy atom. The van der Waals surface area contributed by atoms with Gasteiger partial charge in [0.1, 0.15) is 6.04 Å². The van der Waals surface area contributed by atoms with E-state index >= 15 is 0 Å². The SMILES string of the molecule is CNC(=O)[C@H](CCc1ccc(OC)c(OC)c1)N(C(C)=O)C(N)=O. The quantitative estimate of drug-likeness (QED) is 0.760. The Morgan fingerprint density at radius 3 is 2.29 bits per heavy atom. The summed E-state index contributed by atoms with van der Waals surface area (Å²) in [5, 5.41) is 2.45. The predicted molar refractivity (Wildman–Crippen MR) is 87.8 cm³/mol. The number of methoxy groups -OCH3 is 2. The van der Waals surface area contributed by atoms with Crippen LogP contribution in [0.2, 0.25) is 0 Å². The van der Waals surface area contributed by atoms with Crippen LogP contribution in [0.15, 0.2) is 18.2 Å². The molecule has 0 spiro atoms. The lowest BCUT2D eigenvalue weighted by Crippen LogP contribution is -2.53. The summed E-state index contributed by atoms with van der Waals surface area (Å²) in [5.74, 6) is 0.115. The van der Waals surface area contributed by atoms with Crippen LogP contribution in [-0.2, 0) is 16.0 Å². The number of urea groups is 1. The smallest absolute Gasteiger partial charge is 0.322 e. The first-order chi connectivity index (χ1) is 11.3. The van der Waals surface area contributed by atoms with E-state index in [0.717, 1.165) is 10.5 Å². The minimum atomic E-state index is -0.974. The Balaban J connectivity index is 2.98. The standard InChI is InChI=1S/C16H23N3O5/c1-10(20)19(16(17)22)12(15(21)18-2)7-5-11-6-8-13(23-3)14(9-11)24-4/h6,8-9,12H,5,7H2,1-4H3,(H2,17,22)(H,18,21)/t12-/m0/s1. The van der Waals surface area contributed by atoms with Crippen molar-refractivity contribution in [1.82, 2.24) is 10.2 Å². The molecule has 0 saturated carbocycles. The first kappa shape index (κ1) is 19.3. The molecule has 0 fully saturated rings. The predicted octanol–water partition coefficient (Wildman–Crippen LogP) is 0.678. The van der Waals surface area contributed by atoms with Crippen molar-refractivity contribution in [3.63, 3.8) is 0 Å². The van der Waals surface area contributed by atoms with Crippen LogP contribution in [0.25, 0.3) is 0 Å². The highest BCUT2D eigenvalue weighted by Crippen LogP contribution is 2.28. The van der Waals surface area contributed by atoms with E-state index in [1.54, 1.807) is 12.1 Å². The van der Waals surface area contributed by atoms with Gasteiger partial charge in [0.05, 0.1) is 14.2 Å². The van der Waals surface area contributed by atoms with E-state index in [2.05, 4.69) is 5.32 Å². The Morgan fingerprint density at radius 2 is 1.83 bits per heavy atom. The minimum Gasteiger partial charge on any atom is -0.493 e. The van der Waals surface area contributed by atoms with Gasteiger partial charge in [-0.15, -0.1) is 0 Å². The number of primary amides is 1. The fourth-order valence-corrected chi connectivity index (χ4v) is 2.41. The molecule has 1 aromatic rings. The summed E-state index contributed by atoms with van der Waals surface area (Å²) in [6.07, 6.45) is 0.674. The molecule has 1 atom stereocenters. The Labute approximate surface area is 140 Å². The molecule has 132 valence electrons. The van der Waals surface area contributed by atoms with Crippen molar-refractivity contribution in [3.05, 3.63) is 23.8 Å². The summed E-state index contributed by atoms with van der Waals surface area (Å²) in [6.45, 7) is 1.19. The van der Waals surface area contributed by atoms with E-state index in [1.165, 1.54) is 28.2 Å². The van der Waals surface area contributed by atoms with Crippen molar-refractivity contribution in [3.8, 4) is 11.5 Å². The average Bonchev–Trinajstić information content (AvgIpc) is 2.56. The van der Waals surface area contributed by atoms with Gasteiger partial charge in [-0.3, -0.25) is 14.5 Å². The van der Waals surface area contributed by atoms with Gasteiger partial charge in [0.2, 0.25) is 11.8 Å². The molecule has 1 rings (SSSR count). The van der Waals surface area contributed by atoms with Crippen LogP contribution < -0.4 is 20.5 Å². The van der Waals surface area contributed by atoms with E-state index in [9.17, 15) is 14.4 Å². The third-order valence-corrected chi connectivity index (χ3v) is 3.59. The number of nitrogens with two attached hydrogens (primary N) is 1. The lowest BCUT2D eigenvalue weighted by molar-refractivity contribution is -0.135. The van der Waals surface area contributed by atoms with Crippen molar-refractivity contribution >= 4 is 17.8 Å². The molecule has 4 amide bonds. The van der Waals surface area contributed by atoms with Crippen LogP contribution in [-0.4, -0.2) is 50.1 Å². The summed E-state index contributed by atoms with van der Waals surface area (Å²) in [5.41, 5.74) is 6.10. The van der Waals surface area contributed by atoms with Gasteiger partial charge in [-0.1, -0.05) is 6.07 Å². The molecule has 0 aromatic heterocycles. The van der Waals surface area contributed by atoms with Crippen molar-refractivity contribution < 1.29 is 23.9 Å². The summed E-state index contributed by atoms with van der Waals surface area (Å²) < 4.78 is 10.4. The van der Waals surface area contributed by atoms with Gasteiger partial charge in [-0.05, 0) is 30.5 Å². The van der Waals surface area contributed by atoms with Crippen LogP contribution in [0.4, 0.5) is 4.79 Å². The molecule has 0 heterocycles. The number of imide groups is 1. The molecule has 0 bridgehead atoms. The van der Waals surface area contributed by atoms with Crippen molar-refractivity contribution in [2.75, 3.05) is 21.3 Å². The molecule has 1 aromatic carbocycles. The maximum Gasteiger partial charge on any atom is 0.322 e. The lowest BCUT2D eigenvalue weighted by atomic mass is 10.0. The average molecular weight is 337 g/mol. The van der Waals surface area contributed by atoms with E-state index < -0.39 is 23.9 Å². The van der Waals surface area contributed by atoms with Crippen molar-refractivity contribution in [1.29, 1.82) is 0 Å². The van der Waals surface area contributed by atoms with Crippen LogP contribution in [0, 0.1) is 0 Å². The van der Waals surface area contributed by atoms with Crippen LogP contribution >= 0.6 is 0 Å². The zero-order chi connectivity index (χ0) is 18.3.